The first-order chi connectivity index (χ1) is 9.72. The monoisotopic (exact) mass is 275 g/mol. The number of aryl methyl sites for hydroxylation is 1. The van der Waals surface area contributed by atoms with Gasteiger partial charge in [-0.1, -0.05) is 23.4 Å². The number of aromatic nitrogens is 2. The standard InChI is InChI=1S/C15H18FN3O/c1-11-17-15(18-20-11)12-6-8-19(9-7-12)10-13-4-2-3-5-14(13)16/h2-5,12H,6-10H2,1H3. The van der Waals surface area contributed by atoms with Crippen LogP contribution in [0.4, 0.5) is 4.39 Å². The van der Waals surface area contributed by atoms with E-state index in [1.807, 2.05) is 19.1 Å². The van der Waals surface area contributed by atoms with Gasteiger partial charge in [-0.2, -0.15) is 4.98 Å². The van der Waals surface area contributed by atoms with E-state index in [0.29, 0.717) is 18.4 Å². The molecule has 0 bridgehead atoms. The molecular formula is C15H18FN3O. The van der Waals surface area contributed by atoms with Crippen molar-refractivity contribution in [1.29, 1.82) is 0 Å². The third-order valence-electron chi connectivity index (χ3n) is 3.85. The van der Waals surface area contributed by atoms with E-state index in [-0.39, 0.29) is 5.82 Å². The van der Waals surface area contributed by atoms with E-state index in [1.165, 1.54) is 6.07 Å². The van der Waals surface area contributed by atoms with E-state index in [9.17, 15) is 4.39 Å². The predicted molar refractivity (Wildman–Crippen MR) is 72.7 cm³/mol. The molecule has 1 aliphatic rings. The minimum absolute atomic E-state index is 0.122. The van der Waals surface area contributed by atoms with Crippen molar-refractivity contribution in [2.24, 2.45) is 0 Å². The summed E-state index contributed by atoms with van der Waals surface area (Å²) >= 11 is 0. The molecule has 1 saturated heterocycles. The van der Waals surface area contributed by atoms with Crippen LogP contribution in [-0.2, 0) is 6.54 Å². The third kappa shape index (κ3) is 2.88. The second-order valence-electron chi connectivity index (χ2n) is 5.31. The molecule has 5 heteroatoms. The lowest BCUT2D eigenvalue weighted by Crippen LogP contribution is -2.33. The highest BCUT2D eigenvalue weighted by molar-refractivity contribution is 5.17. The van der Waals surface area contributed by atoms with Gasteiger partial charge in [-0.25, -0.2) is 4.39 Å². The number of halogens is 1. The summed E-state index contributed by atoms with van der Waals surface area (Å²) in [5.41, 5.74) is 0.765. The molecule has 1 aromatic carbocycles. The van der Waals surface area contributed by atoms with Crippen LogP contribution in [0.5, 0.6) is 0 Å². The molecule has 0 unspecified atom stereocenters. The largest absolute Gasteiger partial charge is 0.340 e. The Kier molecular flexibility index (Phi) is 3.78. The van der Waals surface area contributed by atoms with Gasteiger partial charge in [-0.3, -0.25) is 4.90 Å². The molecule has 4 nitrogen and oxygen atoms in total. The van der Waals surface area contributed by atoms with Crippen LogP contribution in [0.25, 0.3) is 0 Å². The van der Waals surface area contributed by atoms with Crippen LogP contribution in [0.15, 0.2) is 28.8 Å². The molecule has 0 saturated carbocycles. The summed E-state index contributed by atoms with van der Waals surface area (Å²) in [6.45, 7) is 4.35. The SMILES string of the molecule is Cc1nc(C2CCN(Cc3ccccc3F)CC2)no1. The quantitative estimate of drug-likeness (QED) is 0.863. The topological polar surface area (TPSA) is 42.2 Å². The third-order valence-corrected chi connectivity index (χ3v) is 3.85. The first kappa shape index (κ1) is 13.2. The second-order valence-corrected chi connectivity index (χ2v) is 5.31. The number of nitrogens with zero attached hydrogens (tertiary/aromatic N) is 3. The number of hydrogen-bond donors (Lipinski definition) is 0. The fraction of sp³-hybridized carbons (Fsp3) is 0.467. The Balaban J connectivity index is 1.58. The van der Waals surface area contributed by atoms with Gasteiger partial charge < -0.3 is 4.52 Å². The normalized spacial score (nSPS) is 17.5. The number of rotatable bonds is 3. The van der Waals surface area contributed by atoms with Crippen molar-refractivity contribution in [3.63, 3.8) is 0 Å². The lowest BCUT2D eigenvalue weighted by molar-refractivity contribution is 0.198. The maximum absolute atomic E-state index is 13.6. The molecule has 0 atom stereocenters. The van der Waals surface area contributed by atoms with Gasteiger partial charge in [0.25, 0.3) is 0 Å². The van der Waals surface area contributed by atoms with Crippen molar-refractivity contribution < 1.29 is 8.91 Å². The lowest BCUT2D eigenvalue weighted by Gasteiger charge is -2.30. The molecule has 0 amide bonds. The summed E-state index contributed by atoms with van der Waals surface area (Å²) in [7, 11) is 0. The molecule has 106 valence electrons. The lowest BCUT2D eigenvalue weighted by atomic mass is 9.96. The van der Waals surface area contributed by atoms with E-state index < -0.39 is 0 Å². The fourth-order valence-corrected chi connectivity index (χ4v) is 2.70. The van der Waals surface area contributed by atoms with Crippen molar-refractivity contribution in [2.45, 2.75) is 32.2 Å². The Morgan fingerprint density at radius 2 is 2.05 bits per heavy atom. The number of likely N-dealkylation sites (tertiary alicyclic amines) is 1. The van der Waals surface area contributed by atoms with Crippen molar-refractivity contribution >= 4 is 0 Å². The van der Waals surface area contributed by atoms with Gasteiger partial charge in [0.05, 0.1) is 0 Å². The summed E-state index contributed by atoms with van der Waals surface area (Å²) in [6.07, 6.45) is 1.99. The Labute approximate surface area is 117 Å². The van der Waals surface area contributed by atoms with Crippen LogP contribution in [0.2, 0.25) is 0 Å². The Bertz CT molecular complexity index is 576. The molecule has 0 N–H and O–H groups in total. The van der Waals surface area contributed by atoms with Crippen LogP contribution < -0.4 is 0 Å². The number of piperidine rings is 1. The van der Waals surface area contributed by atoms with Crippen LogP contribution in [-0.4, -0.2) is 28.1 Å². The molecule has 1 aliphatic heterocycles. The molecule has 1 aromatic heterocycles. The van der Waals surface area contributed by atoms with Crippen LogP contribution in [0.3, 0.4) is 0 Å². The highest BCUT2D eigenvalue weighted by atomic mass is 19.1. The van der Waals surface area contributed by atoms with Crippen molar-refractivity contribution in [1.82, 2.24) is 15.0 Å². The van der Waals surface area contributed by atoms with Crippen LogP contribution in [0.1, 0.15) is 36.0 Å². The van der Waals surface area contributed by atoms with Crippen molar-refractivity contribution in [3.05, 3.63) is 47.4 Å². The number of benzene rings is 1. The minimum Gasteiger partial charge on any atom is -0.340 e. The zero-order chi connectivity index (χ0) is 13.9. The molecule has 2 aromatic rings. The molecule has 2 heterocycles. The second kappa shape index (κ2) is 5.71. The van der Waals surface area contributed by atoms with Gasteiger partial charge >= 0.3 is 0 Å². The Morgan fingerprint density at radius 3 is 2.70 bits per heavy atom. The highest BCUT2D eigenvalue weighted by Gasteiger charge is 2.24. The van der Waals surface area contributed by atoms with Gasteiger partial charge in [0, 0.05) is 24.9 Å². The molecule has 0 spiro atoms. The molecule has 0 radical (unpaired) electrons. The maximum atomic E-state index is 13.6. The van der Waals surface area contributed by atoms with Gasteiger partial charge in [-0.15, -0.1) is 0 Å². The first-order valence-corrected chi connectivity index (χ1v) is 6.98. The van der Waals surface area contributed by atoms with Gasteiger partial charge in [-0.05, 0) is 32.0 Å². The van der Waals surface area contributed by atoms with E-state index in [1.54, 1.807) is 6.07 Å². The predicted octanol–water partition coefficient (Wildman–Crippen LogP) is 2.90. The minimum atomic E-state index is -0.122. The zero-order valence-corrected chi connectivity index (χ0v) is 11.6. The average Bonchev–Trinajstić information content (AvgIpc) is 2.89. The Morgan fingerprint density at radius 1 is 1.30 bits per heavy atom. The van der Waals surface area contributed by atoms with Crippen molar-refractivity contribution in [2.75, 3.05) is 13.1 Å². The smallest absolute Gasteiger partial charge is 0.223 e. The molecule has 3 rings (SSSR count). The van der Waals surface area contributed by atoms with Gasteiger partial charge in [0.1, 0.15) is 5.82 Å². The van der Waals surface area contributed by atoms with Gasteiger partial charge in [0.2, 0.25) is 5.89 Å². The van der Waals surface area contributed by atoms with E-state index in [2.05, 4.69) is 15.0 Å². The molecular weight excluding hydrogens is 257 g/mol. The summed E-state index contributed by atoms with van der Waals surface area (Å²) in [5, 5.41) is 4.00. The van der Waals surface area contributed by atoms with Gasteiger partial charge in [0.15, 0.2) is 5.82 Å². The molecule has 20 heavy (non-hydrogen) atoms. The molecule has 1 fully saturated rings. The van der Waals surface area contributed by atoms with Crippen LogP contribution >= 0.6 is 0 Å². The summed E-state index contributed by atoms with van der Waals surface area (Å²) in [5.74, 6) is 1.68. The fourth-order valence-electron chi connectivity index (χ4n) is 2.70. The Hall–Kier alpha value is -1.75. The van der Waals surface area contributed by atoms with E-state index in [4.69, 9.17) is 4.52 Å². The maximum Gasteiger partial charge on any atom is 0.223 e. The van der Waals surface area contributed by atoms with E-state index in [0.717, 1.165) is 37.3 Å². The number of hydrogen-bond acceptors (Lipinski definition) is 4. The molecule has 0 aliphatic carbocycles. The van der Waals surface area contributed by atoms with Crippen molar-refractivity contribution in [3.8, 4) is 0 Å². The summed E-state index contributed by atoms with van der Waals surface area (Å²) < 4.78 is 18.7. The highest BCUT2D eigenvalue weighted by Crippen LogP contribution is 2.26. The first-order valence-electron chi connectivity index (χ1n) is 6.98. The summed E-state index contributed by atoms with van der Waals surface area (Å²) in [6, 6.07) is 6.98. The summed E-state index contributed by atoms with van der Waals surface area (Å²) in [4.78, 5) is 6.58. The van der Waals surface area contributed by atoms with E-state index >= 15 is 0 Å². The zero-order valence-electron chi connectivity index (χ0n) is 11.6. The average molecular weight is 275 g/mol. The van der Waals surface area contributed by atoms with Crippen LogP contribution in [0, 0.1) is 12.7 Å².